The first-order valence-corrected chi connectivity index (χ1v) is 9.33. The molecule has 0 spiro atoms. The summed E-state index contributed by atoms with van der Waals surface area (Å²) in [4.78, 5) is 25.7. The second-order valence-corrected chi connectivity index (χ2v) is 6.67. The molecule has 3 aromatic carbocycles. The number of benzene rings is 3. The fourth-order valence-corrected chi connectivity index (χ4v) is 3.45. The molecule has 0 bridgehead atoms. The Morgan fingerprint density at radius 2 is 1.73 bits per heavy atom. The number of para-hydroxylation sites is 3. The summed E-state index contributed by atoms with van der Waals surface area (Å²) in [7, 11) is 1.56. The van der Waals surface area contributed by atoms with E-state index in [1.54, 1.807) is 48.4 Å². The van der Waals surface area contributed by atoms with Crippen LogP contribution in [0.5, 0.6) is 11.5 Å². The number of methoxy groups -OCH3 is 1. The highest BCUT2D eigenvalue weighted by molar-refractivity contribution is 6.12. The highest BCUT2D eigenvalue weighted by Gasteiger charge is 2.35. The molecule has 0 fully saturated rings. The van der Waals surface area contributed by atoms with Gasteiger partial charge >= 0.3 is 0 Å². The van der Waals surface area contributed by atoms with Crippen molar-refractivity contribution in [2.75, 3.05) is 23.9 Å². The third kappa shape index (κ3) is 3.65. The Kier molecular flexibility index (Phi) is 5.26. The Morgan fingerprint density at radius 1 is 1.03 bits per heavy atom. The van der Waals surface area contributed by atoms with E-state index in [1.165, 1.54) is 0 Å². The molecule has 0 saturated heterocycles. The predicted molar refractivity (Wildman–Crippen MR) is 110 cm³/mol. The van der Waals surface area contributed by atoms with Crippen LogP contribution in [0.25, 0.3) is 0 Å². The van der Waals surface area contributed by atoms with Gasteiger partial charge in [0.05, 0.1) is 24.3 Å². The van der Waals surface area contributed by atoms with Gasteiger partial charge in [-0.1, -0.05) is 36.4 Å². The van der Waals surface area contributed by atoms with E-state index in [9.17, 15) is 14.7 Å². The molecule has 7 nitrogen and oxygen atoms in total. The summed E-state index contributed by atoms with van der Waals surface area (Å²) in [6.45, 7) is -0.528. The van der Waals surface area contributed by atoms with Gasteiger partial charge < -0.3 is 24.7 Å². The average Bonchev–Trinajstić information content (AvgIpc) is 2.78. The Hall–Kier alpha value is -4.00. The summed E-state index contributed by atoms with van der Waals surface area (Å²) < 4.78 is 10.6. The first kappa shape index (κ1) is 19.3. The number of carbonyl (C=O) groups excluding carboxylic acids is 2. The minimum Gasteiger partial charge on any atom is -0.546 e. The molecule has 1 N–H and O–H groups in total. The second-order valence-electron chi connectivity index (χ2n) is 6.67. The smallest absolute Gasteiger partial charge is 0.262 e. The van der Waals surface area contributed by atoms with Crippen LogP contribution in [-0.2, 0) is 4.79 Å². The summed E-state index contributed by atoms with van der Waals surface area (Å²) in [5, 5.41) is 14.0. The van der Waals surface area contributed by atoms with Crippen molar-refractivity contribution in [3.05, 3.63) is 83.9 Å². The zero-order valence-electron chi connectivity index (χ0n) is 16.2. The third-order valence-corrected chi connectivity index (χ3v) is 4.82. The van der Waals surface area contributed by atoms with Crippen molar-refractivity contribution in [1.82, 2.24) is 0 Å². The number of aliphatic carboxylic acids is 1. The largest absolute Gasteiger partial charge is 0.546 e. The third-order valence-electron chi connectivity index (χ3n) is 4.82. The molecule has 1 amide bonds. The Morgan fingerprint density at radius 3 is 2.47 bits per heavy atom. The lowest BCUT2D eigenvalue weighted by atomic mass is 10.0. The normalized spacial score (nSPS) is 15.2. The molecule has 1 heterocycles. The first-order valence-electron chi connectivity index (χ1n) is 9.33. The number of amides is 1. The van der Waals surface area contributed by atoms with Crippen molar-refractivity contribution in [3.8, 4) is 11.5 Å². The maximum absolute atomic E-state index is 13.4. The van der Waals surface area contributed by atoms with Crippen LogP contribution < -0.4 is 24.8 Å². The molecule has 30 heavy (non-hydrogen) atoms. The molecule has 0 radical (unpaired) electrons. The van der Waals surface area contributed by atoms with Crippen molar-refractivity contribution in [2.24, 2.45) is 0 Å². The second kappa shape index (κ2) is 8.16. The Bertz CT molecular complexity index is 1080. The van der Waals surface area contributed by atoms with Gasteiger partial charge in [0.2, 0.25) is 0 Å². The lowest BCUT2D eigenvalue weighted by Crippen LogP contribution is -2.43. The molecule has 152 valence electrons. The number of carboxylic acids is 1. The van der Waals surface area contributed by atoms with Crippen molar-refractivity contribution in [2.45, 2.75) is 6.17 Å². The van der Waals surface area contributed by atoms with Gasteiger partial charge in [0.1, 0.15) is 24.3 Å². The van der Waals surface area contributed by atoms with Crippen LogP contribution >= 0.6 is 0 Å². The fourth-order valence-electron chi connectivity index (χ4n) is 3.45. The van der Waals surface area contributed by atoms with E-state index < -0.39 is 18.7 Å². The van der Waals surface area contributed by atoms with Crippen LogP contribution in [0, 0.1) is 0 Å². The molecule has 0 aliphatic carbocycles. The van der Waals surface area contributed by atoms with Crippen LogP contribution in [-0.4, -0.2) is 25.6 Å². The molecule has 1 aliphatic rings. The standard InChI is InChI=1S/C23H20N2O5/c1-29-20-9-5-4-8-19(20)25-22(24-18-7-3-2-6-17(18)23(25)28)15-10-12-16(13-11-15)30-14-21(26)27/h2-13,22,24H,14H2,1H3,(H,26,27)/p-1/t22-/m1/s1. The van der Waals surface area contributed by atoms with Gasteiger partial charge in [-0.25, -0.2) is 0 Å². The van der Waals surface area contributed by atoms with E-state index in [1.807, 2.05) is 36.4 Å². The van der Waals surface area contributed by atoms with Crippen molar-refractivity contribution >= 4 is 23.3 Å². The summed E-state index contributed by atoms with van der Waals surface area (Å²) >= 11 is 0. The van der Waals surface area contributed by atoms with Crippen LogP contribution in [0.1, 0.15) is 22.1 Å². The number of fused-ring (bicyclic) bond motifs is 1. The molecular weight excluding hydrogens is 384 g/mol. The van der Waals surface area contributed by atoms with E-state index in [0.717, 1.165) is 11.3 Å². The fraction of sp³-hybridized carbons (Fsp3) is 0.130. The highest BCUT2D eigenvalue weighted by atomic mass is 16.5. The van der Waals surface area contributed by atoms with E-state index in [-0.39, 0.29) is 5.91 Å². The summed E-state index contributed by atoms with van der Waals surface area (Å²) in [6.07, 6.45) is -0.501. The van der Waals surface area contributed by atoms with Gasteiger partial charge in [-0.2, -0.15) is 0 Å². The van der Waals surface area contributed by atoms with Gasteiger partial charge in [0.25, 0.3) is 5.91 Å². The van der Waals surface area contributed by atoms with E-state index in [4.69, 9.17) is 9.47 Å². The molecule has 0 saturated carbocycles. The summed E-state index contributed by atoms with van der Waals surface area (Å²) in [6, 6.07) is 21.5. The van der Waals surface area contributed by atoms with Crippen molar-refractivity contribution in [1.29, 1.82) is 0 Å². The van der Waals surface area contributed by atoms with Gasteiger partial charge in [0.15, 0.2) is 0 Å². The SMILES string of the molecule is COc1ccccc1N1C(=O)c2ccccc2N[C@H]1c1ccc(OCC(=O)[O-])cc1. The molecule has 0 unspecified atom stereocenters. The predicted octanol–water partition coefficient (Wildman–Crippen LogP) is 2.60. The number of anilines is 2. The number of rotatable bonds is 6. The minimum absolute atomic E-state index is 0.156. The maximum atomic E-state index is 13.4. The van der Waals surface area contributed by atoms with Crippen LogP contribution in [0.4, 0.5) is 11.4 Å². The van der Waals surface area contributed by atoms with Crippen molar-refractivity contribution in [3.63, 3.8) is 0 Å². The average molecular weight is 403 g/mol. The number of ether oxygens (including phenoxy) is 2. The number of hydrogen-bond acceptors (Lipinski definition) is 6. The topological polar surface area (TPSA) is 90.9 Å². The summed E-state index contributed by atoms with van der Waals surface area (Å²) in [5.74, 6) is -0.478. The molecule has 1 aliphatic heterocycles. The zero-order valence-corrected chi connectivity index (χ0v) is 16.2. The van der Waals surface area contributed by atoms with Gasteiger partial charge in [0, 0.05) is 5.69 Å². The van der Waals surface area contributed by atoms with Crippen LogP contribution in [0.2, 0.25) is 0 Å². The number of carbonyl (C=O) groups is 2. The molecule has 3 aromatic rings. The molecule has 1 atom stereocenters. The minimum atomic E-state index is -1.29. The van der Waals surface area contributed by atoms with Gasteiger partial charge in [-0.3, -0.25) is 9.69 Å². The number of hydrogen-bond donors (Lipinski definition) is 1. The molecule has 7 heteroatoms. The maximum Gasteiger partial charge on any atom is 0.262 e. The highest BCUT2D eigenvalue weighted by Crippen LogP contribution is 2.40. The Labute approximate surface area is 173 Å². The van der Waals surface area contributed by atoms with E-state index >= 15 is 0 Å². The van der Waals surface area contributed by atoms with Crippen LogP contribution in [0.15, 0.2) is 72.8 Å². The van der Waals surface area contributed by atoms with Gasteiger partial charge in [-0.05, 0) is 42.0 Å². The monoisotopic (exact) mass is 403 g/mol. The lowest BCUT2D eigenvalue weighted by molar-refractivity contribution is -0.307. The zero-order chi connectivity index (χ0) is 21.1. The number of nitrogens with zero attached hydrogens (tertiary/aromatic N) is 1. The quantitative estimate of drug-likeness (QED) is 0.680. The van der Waals surface area contributed by atoms with E-state index in [2.05, 4.69) is 5.32 Å². The Balaban J connectivity index is 1.75. The molecular formula is C23H19N2O5-. The lowest BCUT2D eigenvalue weighted by Gasteiger charge is -2.38. The van der Waals surface area contributed by atoms with Crippen molar-refractivity contribution < 1.29 is 24.2 Å². The number of carboxylic acid groups (broad SMARTS) is 1. The molecule has 0 aromatic heterocycles. The van der Waals surface area contributed by atoms with E-state index in [0.29, 0.717) is 22.7 Å². The molecule has 4 rings (SSSR count). The first-order chi connectivity index (χ1) is 14.6. The van der Waals surface area contributed by atoms with Crippen LogP contribution in [0.3, 0.4) is 0 Å². The number of nitrogens with one attached hydrogen (secondary N) is 1. The summed E-state index contributed by atoms with van der Waals surface area (Å²) in [5.41, 5.74) is 2.73. The van der Waals surface area contributed by atoms with Gasteiger partial charge in [-0.15, -0.1) is 0 Å².